The second kappa shape index (κ2) is 10.3. The Morgan fingerprint density at radius 3 is 2.73 bits per heavy atom. The average molecular weight is 450 g/mol. The van der Waals surface area contributed by atoms with Crippen LogP contribution >= 0.6 is 23.7 Å². The lowest BCUT2D eigenvalue weighted by atomic mass is 10.1. The highest BCUT2D eigenvalue weighted by Crippen LogP contribution is 2.31. The van der Waals surface area contributed by atoms with Crippen LogP contribution in [0.15, 0.2) is 30.5 Å². The molecule has 1 aromatic carbocycles. The minimum Gasteiger partial charge on any atom is -0.379 e. The summed E-state index contributed by atoms with van der Waals surface area (Å²) < 4.78 is 8.34. The van der Waals surface area contributed by atoms with Crippen molar-refractivity contribution >= 4 is 45.0 Å². The number of carbonyl (C=O) groups excluding carboxylic acids is 1. The molecule has 162 valence electrons. The molecule has 0 N–H and O–H groups in total. The summed E-state index contributed by atoms with van der Waals surface area (Å²) >= 11 is 1.57. The Hall–Kier alpha value is -2.00. The number of halogens is 1. The highest BCUT2D eigenvalue weighted by molar-refractivity contribution is 7.22. The first-order valence-corrected chi connectivity index (χ1v) is 11.0. The molecule has 0 atom stereocenters. The third-order valence-corrected chi connectivity index (χ3v) is 6.32. The zero-order valence-corrected chi connectivity index (χ0v) is 19.0. The molecule has 1 fully saturated rings. The third-order valence-electron chi connectivity index (χ3n) is 5.28. The Morgan fingerprint density at radius 2 is 2.03 bits per heavy atom. The van der Waals surface area contributed by atoms with E-state index in [1.165, 1.54) is 5.56 Å². The number of rotatable bonds is 7. The molecule has 1 aliphatic rings. The largest absolute Gasteiger partial charge is 0.379 e. The number of para-hydroxylation sites is 1. The van der Waals surface area contributed by atoms with Crippen molar-refractivity contribution in [1.82, 2.24) is 19.7 Å². The van der Waals surface area contributed by atoms with E-state index in [0.717, 1.165) is 61.2 Å². The maximum Gasteiger partial charge on any atom is 0.280 e. The number of aryl methyl sites for hydroxylation is 2. The van der Waals surface area contributed by atoms with Crippen LogP contribution in [0.2, 0.25) is 0 Å². The summed E-state index contributed by atoms with van der Waals surface area (Å²) in [5, 5.41) is 5.17. The van der Waals surface area contributed by atoms with Crippen molar-refractivity contribution in [1.29, 1.82) is 0 Å². The van der Waals surface area contributed by atoms with Gasteiger partial charge in [0.05, 0.1) is 23.4 Å². The highest BCUT2D eigenvalue weighted by Gasteiger charge is 2.24. The molecule has 3 aromatic rings. The summed E-state index contributed by atoms with van der Waals surface area (Å²) in [6.45, 7) is 9.54. The fourth-order valence-electron chi connectivity index (χ4n) is 3.53. The summed E-state index contributed by atoms with van der Waals surface area (Å²) in [4.78, 5) is 22.3. The van der Waals surface area contributed by atoms with Gasteiger partial charge in [0.15, 0.2) is 10.8 Å². The molecule has 9 heteroatoms. The van der Waals surface area contributed by atoms with Crippen molar-refractivity contribution in [3.63, 3.8) is 0 Å². The Balaban J connectivity index is 0.00000256. The zero-order valence-electron chi connectivity index (χ0n) is 17.4. The maximum atomic E-state index is 13.4. The molecule has 7 nitrogen and oxygen atoms in total. The normalized spacial score (nSPS) is 14.6. The fourth-order valence-corrected chi connectivity index (χ4v) is 4.57. The Labute approximate surface area is 187 Å². The number of hydrogen-bond donors (Lipinski definition) is 0. The summed E-state index contributed by atoms with van der Waals surface area (Å²) in [6.07, 6.45) is 2.77. The number of hydrogen-bond acceptors (Lipinski definition) is 6. The summed E-state index contributed by atoms with van der Waals surface area (Å²) in [5.41, 5.74) is 2.67. The monoisotopic (exact) mass is 449 g/mol. The standard InChI is InChI=1S/C21H27N5O2S.ClH/c1-3-16-6-5-7-18-19(16)22-21(29-18)26(11-10-24-12-14-28-15-13-24)20(27)17-8-9-25(4-2)23-17;/h5-9H,3-4,10-15H2,1-2H3;1H. The van der Waals surface area contributed by atoms with E-state index in [4.69, 9.17) is 9.72 Å². The van der Waals surface area contributed by atoms with Crippen LogP contribution in [0.3, 0.4) is 0 Å². The van der Waals surface area contributed by atoms with E-state index in [1.54, 1.807) is 27.0 Å². The molecule has 4 rings (SSSR count). The lowest BCUT2D eigenvalue weighted by Gasteiger charge is -2.29. The second-order valence-electron chi connectivity index (χ2n) is 7.08. The van der Waals surface area contributed by atoms with Gasteiger partial charge in [0.2, 0.25) is 0 Å². The Bertz CT molecular complexity index is 983. The lowest BCUT2D eigenvalue weighted by molar-refractivity contribution is 0.0391. The number of fused-ring (bicyclic) bond motifs is 1. The van der Waals surface area contributed by atoms with Gasteiger partial charge in [-0.25, -0.2) is 4.98 Å². The number of morpholine rings is 1. The number of benzene rings is 1. The molecule has 0 unspecified atom stereocenters. The SMILES string of the molecule is CCc1cccc2sc(N(CCN3CCOCC3)C(=O)c3ccn(CC)n3)nc12.Cl. The first-order chi connectivity index (χ1) is 14.2. The van der Waals surface area contributed by atoms with Crippen LogP contribution < -0.4 is 4.90 Å². The smallest absolute Gasteiger partial charge is 0.280 e. The van der Waals surface area contributed by atoms with Crippen molar-refractivity contribution in [3.05, 3.63) is 41.7 Å². The van der Waals surface area contributed by atoms with Gasteiger partial charge in [-0.2, -0.15) is 5.10 Å². The molecule has 0 spiro atoms. The number of ether oxygens (including phenoxy) is 1. The molecule has 2 aromatic heterocycles. The van der Waals surface area contributed by atoms with Crippen molar-refractivity contribution in [2.75, 3.05) is 44.3 Å². The van der Waals surface area contributed by atoms with Crippen LogP contribution in [0, 0.1) is 0 Å². The van der Waals surface area contributed by atoms with Gasteiger partial charge < -0.3 is 4.74 Å². The predicted octanol–water partition coefficient (Wildman–Crippen LogP) is 3.48. The summed E-state index contributed by atoms with van der Waals surface area (Å²) in [6, 6.07) is 8.03. The van der Waals surface area contributed by atoms with Crippen molar-refractivity contribution in [2.45, 2.75) is 26.8 Å². The molecule has 1 saturated heterocycles. The molecule has 0 saturated carbocycles. The maximum absolute atomic E-state index is 13.4. The van der Waals surface area contributed by atoms with Gasteiger partial charge >= 0.3 is 0 Å². The van der Waals surface area contributed by atoms with Crippen LogP contribution in [0.1, 0.15) is 29.9 Å². The molecule has 30 heavy (non-hydrogen) atoms. The Morgan fingerprint density at radius 1 is 1.23 bits per heavy atom. The lowest BCUT2D eigenvalue weighted by Crippen LogP contribution is -2.43. The minimum absolute atomic E-state index is 0. The minimum atomic E-state index is -0.0948. The van der Waals surface area contributed by atoms with Crippen LogP contribution in [0.4, 0.5) is 5.13 Å². The predicted molar refractivity (Wildman–Crippen MR) is 123 cm³/mol. The van der Waals surface area contributed by atoms with E-state index in [-0.39, 0.29) is 18.3 Å². The number of aromatic nitrogens is 3. The van der Waals surface area contributed by atoms with E-state index in [2.05, 4.69) is 35.1 Å². The first kappa shape index (κ1) is 22.7. The third kappa shape index (κ3) is 4.83. The zero-order chi connectivity index (χ0) is 20.2. The van der Waals surface area contributed by atoms with E-state index in [0.29, 0.717) is 12.2 Å². The summed E-state index contributed by atoms with van der Waals surface area (Å²) in [7, 11) is 0. The van der Waals surface area contributed by atoms with Gasteiger partial charge in [-0.05, 0) is 31.0 Å². The fraction of sp³-hybridized carbons (Fsp3) is 0.476. The van der Waals surface area contributed by atoms with E-state index < -0.39 is 0 Å². The van der Waals surface area contributed by atoms with Gasteiger partial charge in [-0.15, -0.1) is 12.4 Å². The Kier molecular flexibility index (Phi) is 7.82. The average Bonchev–Trinajstić information content (AvgIpc) is 3.41. The quantitative estimate of drug-likeness (QED) is 0.552. The van der Waals surface area contributed by atoms with E-state index >= 15 is 0 Å². The molecule has 0 aliphatic carbocycles. The molecule has 3 heterocycles. The van der Waals surface area contributed by atoms with E-state index in [1.807, 2.05) is 13.1 Å². The number of nitrogens with zero attached hydrogens (tertiary/aromatic N) is 5. The van der Waals surface area contributed by atoms with Crippen LogP contribution in [0.25, 0.3) is 10.2 Å². The molecule has 1 aliphatic heterocycles. The topological polar surface area (TPSA) is 63.5 Å². The molecular weight excluding hydrogens is 422 g/mol. The first-order valence-electron chi connectivity index (χ1n) is 10.2. The van der Waals surface area contributed by atoms with Gasteiger partial charge in [0.1, 0.15) is 0 Å². The van der Waals surface area contributed by atoms with Crippen molar-refractivity contribution < 1.29 is 9.53 Å². The molecular formula is C21H28ClN5O2S. The highest BCUT2D eigenvalue weighted by atomic mass is 35.5. The number of carbonyl (C=O) groups is 1. The number of anilines is 1. The van der Waals surface area contributed by atoms with Crippen LogP contribution in [-0.2, 0) is 17.7 Å². The van der Waals surface area contributed by atoms with Crippen molar-refractivity contribution in [2.24, 2.45) is 0 Å². The van der Waals surface area contributed by atoms with Gasteiger partial charge in [0, 0.05) is 38.9 Å². The van der Waals surface area contributed by atoms with Gasteiger partial charge in [-0.3, -0.25) is 19.3 Å². The van der Waals surface area contributed by atoms with Crippen molar-refractivity contribution in [3.8, 4) is 0 Å². The summed E-state index contributed by atoms with van der Waals surface area (Å²) in [5.74, 6) is -0.0948. The van der Waals surface area contributed by atoms with Crippen LogP contribution in [0.5, 0.6) is 0 Å². The number of thiazole rings is 1. The van der Waals surface area contributed by atoms with Gasteiger partial charge in [0.25, 0.3) is 5.91 Å². The molecule has 1 amide bonds. The van der Waals surface area contributed by atoms with Crippen LogP contribution in [-0.4, -0.2) is 65.0 Å². The molecule has 0 bridgehead atoms. The second-order valence-corrected chi connectivity index (χ2v) is 8.09. The van der Waals surface area contributed by atoms with E-state index in [9.17, 15) is 4.79 Å². The molecule has 0 radical (unpaired) electrons. The van der Waals surface area contributed by atoms with Gasteiger partial charge in [-0.1, -0.05) is 30.4 Å². The number of amides is 1.